The first-order valence-corrected chi connectivity index (χ1v) is 5.78. The normalized spacial score (nSPS) is 10.5. The number of nitrogens with one attached hydrogen (secondary N) is 1. The molecule has 0 radical (unpaired) electrons. The average molecular weight is 260 g/mol. The number of hydrogen-bond donors (Lipinski definition) is 1. The van der Waals surface area contributed by atoms with Crippen LogP contribution in [0.3, 0.4) is 0 Å². The highest BCUT2D eigenvalue weighted by atomic mass is 16.5. The van der Waals surface area contributed by atoms with Crippen LogP contribution in [0.5, 0.6) is 5.75 Å². The van der Waals surface area contributed by atoms with Crippen LogP contribution in [0.2, 0.25) is 0 Å². The summed E-state index contributed by atoms with van der Waals surface area (Å²) in [5, 5.41) is 11.7. The monoisotopic (exact) mass is 260 g/mol. The van der Waals surface area contributed by atoms with E-state index in [9.17, 15) is 9.59 Å². The van der Waals surface area contributed by atoms with Crippen LogP contribution in [0.4, 0.5) is 5.69 Å². The van der Waals surface area contributed by atoms with Crippen LogP contribution in [-0.4, -0.2) is 11.9 Å². The van der Waals surface area contributed by atoms with Gasteiger partial charge in [0.2, 0.25) is 5.91 Å². The first kappa shape index (κ1) is 14.7. The first-order chi connectivity index (χ1) is 8.74. The molecule has 0 heterocycles. The average Bonchev–Trinajstić information content (AvgIpc) is 2.29. The van der Waals surface area contributed by atoms with Crippen LogP contribution in [0, 0.1) is 16.7 Å². The van der Waals surface area contributed by atoms with E-state index in [1.807, 2.05) is 6.07 Å². The van der Waals surface area contributed by atoms with Gasteiger partial charge in [0, 0.05) is 18.0 Å². The van der Waals surface area contributed by atoms with Crippen molar-refractivity contribution in [1.29, 1.82) is 5.26 Å². The second-order valence-electron chi connectivity index (χ2n) is 5.12. The van der Waals surface area contributed by atoms with Gasteiger partial charge in [-0.3, -0.25) is 9.59 Å². The lowest BCUT2D eigenvalue weighted by atomic mass is 9.95. The molecular formula is C14H16N2O3. The topological polar surface area (TPSA) is 79.2 Å². The largest absolute Gasteiger partial charge is 0.425 e. The number of anilines is 1. The smallest absolute Gasteiger partial charge is 0.308 e. The molecule has 0 saturated heterocycles. The summed E-state index contributed by atoms with van der Waals surface area (Å²) in [6.07, 6.45) is 0. The molecule has 0 fully saturated rings. The highest BCUT2D eigenvalue weighted by Crippen LogP contribution is 2.24. The summed E-state index contributed by atoms with van der Waals surface area (Å²) < 4.78 is 4.89. The molecule has 0 spiro atoms. The highest BCUT2D eigenvalue weighted by molar-refractivity contribution is 5.94. The van der Waals surface area contributed by atoms with Crippen LogP contribution in [-0.2, 0) is 9.59 Å². The van der Waals surface area contributed by atoms with Crippen molar-refractivity contribution in [3.63, 3.8) is 0 Å². The second kappa shape index (κ2) is 5.53. The number of benzene rings is 1. The molecule has 5 heteroatoms. The zero-order valence-corrected chi connectivity index (χ0v) is 11.4. The molecule has 0 aromatic heterocycles. The Bertz CT molecular complexity index is 551. The molecule has 0 aliphatic rings. The minimum Gasteiger partial charge on any atom is -0.425 e. The summed E-state index contributed by atoms with van der Waals surface area (Å²) in [7, 11) is 0. The van der Waals surface area contributed by atoms with Crippen LogP contribution >= 0.6 is 0 Å². The van der Waals surface area contributed by atoms with Crippen molar-refractivity contribution in [2.45, 2.75) is 27.7 Å². The van der Waals surface area contributed by atoms with Crippen molar-refractivity contribution in [3.8, 4) is 11.8 Å². The fourth-order valence-corrected chi connectivity index (χ4v) is 1.26. The third-order valence-electron chi connectivity index (χ3n) is 2.29. The third kappa shape index (κ3) is 4.11. The van der Waals surface area contributed by atoms with Crippen molar-refractivity contribution < 1.29 is 14.3 Å². The molecule has 0 saturated carbocycles. The molecule has 5 nitrogen and oxygen atoms in total. The van der Waals surface area contributed by atoms with Gasteiger partial charge in [-0.15, -0.1) is 0 Å². The molecule has 0 bridgehead atoms. The van der Waals surface area contributed by atoms with Crippen molar-refractivity contribution in [3.05, 3.63) is 23.8 Å². The zero-order valence-electron chi connectivity index (χ0n) is 11.4. The van der Waals surface area contributed by atoms with Crippen molar-refractivity contribution in [2.24, 2.45) is 5.41 Å². The zero-order chi connectivity index (χ0) is 14.6. The van der Waals surface area contributed by atoms with E-state index in [2.05, 4.69) is 5.32 Å². The number of carbonyl (C=O) groups excluding carboxylic acids is 2. The second-order valence-corrected chi connectivity index (χ2v) is 5.12. The van der Waals surface area contributed by atoms with Gasteiger partial charge >= 0.3 is 5.97 Å². The summed E-state index contributed by atoms with van der Waals surface area (Å²) in [5.74, 6) is -0.469. The minimum atomic E-state index is -0.526. The minimum absolute atomic E-state index is 0.156. The maximum absolute atomic E-state index is 11.8. The molecule has 1 aromatic carbocycles. The van der Waals surface area contributed by atoms with Crippen LogP contribution < -0.4 is 10.1 Å². The number of esters is 1. The Labute approximate surface area is 112 Å². The van der Waals surface area contributed by atoms with E-state index in [0.717, 1.165) is 0 Å². The Hall–Kier alpha value is -2.35. The molecule has 1 N–H and O–H groups in total. The lowest BCUT2D eigenvalue weighted by Gasteiger charge is -2.18. The van der Waals surface area contributed by atoms with Gasteiger partial charge in [-0.25, -0.2) is 0 Å². The van der Waals surface area contributed by atoms with E-state index in [1.165, 1.54) is 19.1 Å². The van der Waals surface area contributed by atoms with E-state index < -0.39 is 11.4 Å². The lowest BCUT2D eigenvalue weighted by molar-refractivity contribution is -0.132. The van der Waals surface area contributed by atoms with Crippen molar-refractivity contribution in [1.82, 2.24) is 0 Å². The van der Waals surface area contributed by atoms with Gasteiger partial charge in [-0.2, -0.15) is 5.26 Å². The maximum Gasteiger partial charge on any atom is 0.308 e. The molecule has 1 rings (SSSR count). The molecule has 1 amide bonds. The Balaban J connectivity index is 2.98. The summed E-state index contributed by atoms with van der Waals surface area (Å²) in [5.41, 5.74) is 0.163. The maximum atomic E-state index is 11.8. The fraction of sp³-hybridized carbons (Fsp3) is 0.357. The summed E-state index contributed by atoms with van der Waals surface area (Å²) in [6, 6.07) is 6.47. The predicted molar refractivity (Wildman–Crippen MR) is 70.6 cm³/mol. The van der Waals surface area contributed by atoms with Crippen LogP contribution in [0.15, 0.2) is 18.2 Å². The van der Waals surface area contributed by atoms with E-state index in [1.54, 1.807) is 26.8 Å². The van der Waals surface area contributed by atoms with E-state index in [4.69, 9.17) is 10.00 Å². The standard InChI is InChI=1S/C14H16N2O3/c1-9(17)19-12-6-5-11(7-10(12)8-15)16-13(18)14(2,3)4/h5-7H,1-4H3,(H,16,18). The van der Waals surface area contributed by atoms with Gasteiger partial charge < -0.3 is 10.1 Å². The van der Waals surface area contributed by atoms with E-state index >= 15 is 0 Å². The number of nitriles is 1. The van der Waals surface area contributed by atoms with Crippen LogP contribution in [0.25, 0.3) is 0 Å². The van der Waals surface area contributed by atoms with Gasteiger partial charge in [0.05, 0.1) is 5.56 Å². The van der Waals surface area contributed by atoms with Gasteiger partial charge in [0.15, 0.2) is 0 Å². The molecule has 0 atom stereocenters. The molecule has 0 aliphatic carbocycles. The first-order valence-electron chi connectivity index (χ1n) is 5.78. The molecular weight excluding hydrogens is 244 g/mol. The Kier molecular flexibility index (Phi) is 4.28. The van der Waals surface area contributed by atoms with Crippen molar-refractivity contribution >= 4 is 17.6 Å². The summed E-state index contributed by atoms with van der Waals surface area (Å²) in [6.45, 7) is 6.64. The van der Waals surface area contributed by atoms with Gasteiger partial charge in [-0.05, 0) is 18.2 Å². The molecule has 0 aliphatic heterocycles. The Morgan fingerprint density at radius 3 is 2.42 bits per heavy atom. The number of hydrogen-bond acceptors (Lipinski definition) is 4. The Morgan fingerprint density at radius 1 is 1.32 bits per heavy atom. The lowest BCUT2D eigenvalue weighted by Crippen LogP contribution is -2.27. The van der Waals surface area contributed by atoms with Gasteiger partial charge in [0.1, 0.15) is 11.8 Å². The van der Waals surface area contributed by atoms with Crippen LogP contribution in [0.1, 0.15) is 33.3 Å². The van der Waals surface area contributed by atoms with E-state index in [0.29, 0.717) is 5.69 Å². The third-order valence-corrected chi connectivity index (χ3v) is 2.29. The van der Waals surface area contributed by atoms with Gasteiger partial charge in [0.25, 0.3) is 0 Å². The van der Waals surface area contributed by atoms with E-state index in [-0.39, 0.29) is 17.2 Å². The van der Waals surface area contributed by atoms with Crippen molar-refractivity contribution in [2.75, 3.05) is 5.32 Å². The highest BCUT2D eigenvalue weighted by Gasteiger charge is 2.21. The molecule has 19 heavy (non-hydrogen) atoms. The summed E-state index contributed by atoms with van der Waals surface area (Å²) in [4.78, 5) is 22.7. The number of carbonyl (C=O) groups is 2. The predicted octanol–water partition coefficient (Wildman–Crippen LogP) is 2.47. The number of ether oxygens (including phenoxy) is 1. The Morgan fingerprint density at radius 2 is 1.95 bits per heavy atom. The number of nitrogens with zero attached hydrogens (tertiary/aromatic N) is 1. The molecule has 0 unspecified atom stereocenters. The van der Waals surface area contributed by atoms with Gasteiger partial charge in [-0.1, -0.05) is 20.8 Å². The fourth-order valence-electron chi connectivity index (χ4n) is 1.26. The quantitative estimate of drug-likeness (QED) is 0.654. The molecule has 100 valence electrons. The summed E-state index contributed by atoms with van der Waals surface area (Å²) >= 11 is 0. The number of rotatable bonds is 2. The number of amides is 1. The SMILES string of the molecule is CC(=O)Oc1ccc(NC(=O)C(C)(C)C)cc1C#N. The molecule has 1 aromatic rings.